The topological polar surface area (TPSA) is 91.2 Å². The van der Waals surface area contributed by atoms with Crippen LogP contribution in [-0.4, -0.2) is 38.9 Å². The first-order valence-electron chi connectivity index (χ1n) is 11.4. The van der Waals surface area contributed by atoms with Gasteiger partial charge in [0.2, 0.25) is 5.91 Å². The third kappa shape index (κ3) is 6.09. The fourth-order valence-electron chi connectivity index (χ4n) is 3.54. The summed E-state index contributed by atoms with van der Waals surface area (Å²) < 4.78 is 13.3. The van der Waals surface area contributed by atoms with Gasteiger partial charge in [-0.25, -0.2) is 14.6 Å². The third-order valence-corrected chi connectivity index (χ3v) is 5.09. The molecule has 8 heteroatoms. The highest BCUT2D eigenvalue weighted by molar-refractivity contribution is 5.92. The van der Waals surface area contributed by atoms with Gasteiger partial charge in [-0.05, 0) is 58.7 Å². The zero-order valence-corrected chi connectivity index (χ0v) is 20.4. The molecule has 2 aromatic heterocycles. The van der Waals surface area contributed by atoms with Gasteiger partial charge in [-0.3, -0.25) is 4.79 Å². The van der Waals surface area contributed by atoms with Crippen molar-refractivity contribution in [2.24, 2.45) is 0 Å². The molecule has 1 amide bonds. The number of ether oxygens (including phenoxy) is 2. The van der Waals surface area contributed by atoms with Crippen LogP contribution in [0, 0.1) is 27.7 Å². The quantitative estimate of drug-likeness (QED) is 0.482. The minimum Gasteiger partial charge on any atom is -0.490 e. The van der Waals surface area contributed by atoms with Gasteiger partial charge in [0, 0.05) is 34.4 Å². The summed E-state index contributed by atoms with van der Waals surface area (Å²) in [6.45, 7) is 13.0. The predicted octanol–water partition coefficient (Wildman–Crippen LogP) is 4.65. The number of carbonyl (C=O) groups excluding carboxylic acids is 1. The molecule has 0 fully saturated rings. The van der Waals surface area contributed by atoms with E-state index in [-0.39, 0.29) is 12.3 Å². The minimum atomic E-state index is -0.134. The summed E-state index contributed by atoms with van der Waals surface area (Å²) in [5.74, 6) is 1.70. The van der Waals surface area contributed by atoms with Gasteiger partial charge in [-0.2, -0.15) is 5.10 Å². The highest BCUT2D eigenvalue weighted by atomic mass is 16.5. The average molecular weight is 452 g/mol. The molecule has 0 unspecified atom stereocenters. The van der Waals surface area contributed by atoms with Crippen LogP contribution in [0.3, 0.4) is 0 Å². The summed E-state index contributed by atoms with van der Waals surface area (Å²) in [7, 11) is 0. The van der Waals surface area contributed by atoms with Crippen molar-refractivity contribution in [1.82, 2.24) is 19.7 Å². The maximum Gasteiger partial charge on any atom is 0.251 e. The Morgan fingerprint density at radius 1 is 0.939 bits per heavy atom. The van der Waals surface area contributed by atoms with Crippen LogP contribution in [0.1, 0.15) is 55.0 Å². The molecule has 0 bridgehead atoms. The van der Waals surface area contributed by atoms with Gasteiger partial charge in [0.1, 0.15) is 0 Å². The van der Waals surface area contributed by atoms with Gasteiger partial charge in [-0.1, -0.05) is 13.8 Å². The Labute approximate surface area is 195 Å². The Balaban J connectivity index is 1.77. The van der Waals surface area contributed by atoms with Crippen LogP contribution in [0.2, 0.25) is 0 Å². The molecule has 0 saturated carbocycles. The summed E-state index contributed by atoms with van der Waals surface area (Å²) in [6.07, 6.45) is 1.99. The first-order valence-corrected chi connectivity index (χ1v) is 11.4. The van der Waals surface area contributed by atoms with Crippen molar-refractivity contribution in [3.63, 3.8) is 0 Å². The number of hydrogen-bond acceptors (Lipinski definition) is 6. The smallest absolute Gasteiger partial charge is 0.251 e. The summed E-state index contributed by atoms with van der Waals surface area (Å²) in [6, 6.07) is 7.39. The number of aromatic nitrogens is 4. The Morgan fingerprint density at radius 2 is 1.58 bits per heavy atom. The molecule has 176 valence electrons. The standard InChI is InChI=1S/C25H33N5O3/c1-7-11-32-22-10-9-20(14-23(22)33-12-8-2)28-24(31)15-21-18(5)29-30(19(21)6)25-26-16(3)13-17(4)27-25/h9-10,13-14H,7-8,11-12,15H2,1-6H3,(H,28,31). The largest absolute Gasteiger partial charge is 0.490 e. The summed E-state index contributed by atoms with van der Waals surface area (Å²) in [5.41, 5.74) is 4.90. The SMILES string of the molecule is CCCOc1ccc(NC(=O)Cc2c(C)nn(-c3nc(C)cc(C)n3)c2C)cc1OCCC. The van der Waals surface area contributed by atoms with Crippen LogP contribution in [0.15, 0.2) is 24.3 Å². The van der Waals surface area contributed by atoms with Crippen LogP contribution in [0.4, 0.5) is 5.69 Å². The third-order valence-electron chi connectivity index (χ3n) is 5.09. The first kappa shape index (κ1) is 24.2. The Kier molecular flexibility index (Phi) is 8.03. The number of carbonyl (C=O) groups is 1. The molecule has 3 aromatic rings. The molecule has 8 nitrogen and oxygen atoms in total. The van der Waals surface area contributed by atoms with Gasteiger partial charge in [-0.15, -0.1) is 0 Å². The molecule has 0 aliphatic rings. The number of nitrogens with one attached hydrogen (secondary N) is 1. The molecule has 33 heavy (non-hydrogen) atoms. The molecule has 0 aliphatic heterocycles. The van der Waals surface area contributed by atoms with E-state index in [0.717, 1.165) is 41.2 Å². The molecule has 0 aliphatic carbocycles. The minimum absolute atomic E-state index is 0.134. The van der Waals surface area contributed by atoms with Crippen LogP contribution in [0.25, 0.3) is 5.95 Å². The second kappa shape index (κ2) is 10.9. The van der Waals surface area contributed by atoms with E-state index in [9.17, 15) is 4.79 Å². The van der Waals surface area contributed by atoms with Crippen LogP contribution >= 0.6 is 0 Å². The molecule has 0 radical (unpaired) electrons. The van der Waals surface area contributed by atoms with Crippen molar-refractivity contribution in [2.45, 2.75) is 60.8 Å². The van der Waals surface area contributed by atoms with Crippen molar-refractivity contribution >= 4 is 11.6 Å². The number of anilines is 1. The van der Waals surface area contributed by atoms with Gasteiger partial charge in [0.15, 0.2) is 11.5 Å². The van der Waals surface area contributed by atoms with Crippen molar-refractivity contribution in [3.05, 3.63) is 52.6 Å². The van der Waals surface area contributed by atoms with Gasteiger partial charge < -0.3 is 14.8 Å². The maximum absolute atomic E-state index is 12.9. The van der Waals surface area contributed by atoms with Crippen molar-refractivity contribution in [3.8, 4) is 17.4 Å². The Morgan fingerprint density at radius 3 is 2.21 bits per heavy atom. The summed E-state index contributed by atoms with van der Waals surface area (Å²) in [4.78, 5) is 21.9. The van der Waals surface area contributed by atoms with E-state index in [1.165, 1.54) is 0 Å². The van der Waals surface area contributed by atoms with Crippen molar-refractivity contribution in [1.29, 1.82) is 0 Å². The van der Waals surface area contributed by atoms with Crippen molar-refractivity contribution < 1.29 is 14.3 Å². The van der Waals surface area contributed by atoms with Crippen LogP contribution in [0.5, 0.6) is 11.5 Å². The molecule has 2 heterocycles. The molecule has 3 rings (SSSR count). The highest BCUT2D eigenvalue weighted by Crippen LogP contribution is 2.31. The Bertz CT molecular complexity index is 1100. The lowest BCUT2D eigenvalue weighted by Gasteiger charge is -2.14. The van der Waals surface area contributed by atoms with E-state index in [2.05, 4.69) is 27.3 Å². The maximum atomic E-state index is 12.9. The second-order valence-electron chi connectivity index (χ2n) is 8.10. The molecular weight excluding hydrogens is 418 g/mol. The number of nitrogens with zero attached hydrogens (tertiary/aromatic N) is 4. The Hall–Kier alpha value is -3.42. The summed E-state index contributed by atoms with van der Waals surface area (Å²) in [5, 5.41) is 7.56. The molecule has 0 atom stereocenters. The van der Waals surface area contributed by atoms with E-state index in [4.69, 9.17) is 9.47 Å². The molecule has 0 saturated heterocycles. The molecular formula is C25H33N5O3. The number of benzene rings is 1. The lowest BCUT2D eigenvalue weighted by Crippen LogP contribution is -2.16. The fourth-order valence-corrected chi connectivity index (χ4v) is 3.54. The molecule has 1 N–H and O–H groups in total. The second-order valence-corrected chi connectivity index (χ2v) is 8.10. The fraction of sp³-hybridized carbons (Fsp3) is 0.440. The zero-order valence-electron chi connectivity index (χ0n) is 20.4. The van der Waals surface area contributed by atoms with E-state index in [1.54, 1.807) is 4.68 Å². The number of amides is 1. The monoisotopic (exact) mass is 451 g/mol. The van der Waals surface area contributed by atoms with Gasteiger partial charge in [0.05, 0.1) is 25.3 Å². The highest BCUT2D eigenvalue weighted by Gasteiger charge is 2.18. The van der Waals surface area contributed by atoms with Gasteiger partial charge >= 0.3 is 0 Å². The number of aryl methyl sites for hydroxylation is 3. The lowest BCUT2D eigenvalue weighted by molar-refractivity contribution is -0.115. The number of rotatable bonds is 10. The van der Waals surface area contributed by atoms with E-state index in [1.807, 2.05) is 58.9 Å². The van der Waals surface area contributed by atoms with Crippen LogP contribution in [-0.2, 0) is 11.2 Å². The first-order chi connectivity index (χ1) is 15.8. The summed E-state index contributed by atoms with van der Waals surface area (Å²) >= 11 is 0. The molecule has 1 aromatic carbocycles. The normalized spacial score (nSPS) is 10.8. The zero-order chi connectivity index (χ0) is 24.0. The van der Waals surface area contributed by atoms with E-state index < -0.39 is 0 Å². The van der Waals surface area contributed by atoms with E-state index >= 15 is 0 Å². The van der Waals surface area contributed by atoms with E-state index in [0.29, 0.717) is 36.3 Å². The predicted molar refractivity (Wildman–Crippen MR) is 128 cm³/mol. The van der Waals surface area contributed by atoms with Crippen LogP contribution < -0.4 is 14.8 Å². The number of hydrogen-bond donors (Lipinski definition) is 1. The van der Waals surface area contributed by atoms with Crippen molar-refractivity contribution in [2.75, 3.05) is 18.5 Å². The lowest BCUT2D eigenvalue weighted by atomic mass is 10.1. The molecule has 0 spiro atoms. The average Bonchev–Trinajstić information content (AvgIpc) is 3.04. The van der Waals surface area contributed by atoms with Gasteiger partial charge in [0.25, 0.3) is 5.95 Å².